The molecule has 0 aromatic heterocycles. The molecule has 15 heavy (non-hydrogen) atoms. The summed E-state index contributed by atoms with van der Waals surface area (Å²) in [6.07, 6.45) is -4.73. The minimum absolute atomic E-state index is 0.505. The Bertz CT molecular complexity index is 393. The van der Waals surface area contributed by atoms with Crippen molar-refractivity contribution in [2.75, 3.05) is 7.05 Å². The SMILES string of the molecule is C=C1C(=O)N(C)C(=O)C(C)=C1C(F)(F)F. The van der Waals surface area contributed by atoms with E-state index in [4.69, 9.17) is 0 Å². The molecule has 0 bridgehead atoms. The third-order valence-corrected chi connectivity index (χ3v) is 2.15. The summed E-state index contributed by atoms with van der Waals surface area (Å²) < 4.78 is 37.4. The summed E-state index contributed by atoms with van der Waals surface area (Å²) in [4.78, 5) is 23.1. The number of nitrogens with zero attached hydrogens (tertiary/aromatic N) is 1. The maximum Gasteiger partial charge on any atom is 0.417 e. The molecule has 0 radical (unpaired) electrons. The van der Waals surface area contributed by atoms with Crippen LogP contribution in [0, 0.1) is 0 Å². The van der Waals surface area contributed by atoms with Crippen molar-refractivity contribution in [1.29, 1.82) is 0 Å². The first-order valence-electron chi connectivity index (χ1n) is 3.97. The molecular formula is C9H8F3NO2. The van der Waals surface area contributed by atoms with E-state index in [9.17, 15) is 22.8 Å². The molecule has 0 atom stereocenters. The summed E-state index contributed by atoms with van der Waals surface area (Å²) in [7, 11) is 1.12. The van der Waals surface area contributed by atoms with Crippen molar-refractivity contribution in [2.24, 2.45) is 0 Å². The molecule has 0 aromatic rings. The molecular weight excluding hydrogens is 211 g/mol. The topological polar surface area (TPSA) is 37.4 Å². The first kappa shape index (κ1) is 11.5. The number of imide groups is 1. The number of hydrogen-bond donors (Lipinski definition) is 0. The van der Waals surface area contributed by atoms with E-state index >= 15 is 0 Å². The van der Waals surface area contributed by atoms with E-state index in [1.165, 1.54) is 0 Å². The monoisotopic (exact) mass is 219 g/mol. The van der Waals surface area contributed by atoms with Crippen LogP contribution >= 0.6 is 0 Å². The summed E-state index contributed by atoms with van der Waals surface area (Å²) >= 11 is 0. The Morgan fingerprint density at radius 1 is 1.20 bits per heavy atom. The van der Waals surface area contributed by atoms with Gasteiger partial charge in [-0.25, -0.2) is 0 Å². The van der Waals surface area contributed by atoms with Crippen molar-refractivity contribution in [1.82, 2.24) is 4.90 Å². The van der Waals surface area contributed by atoms with Gasteiger partial charge in [-0.05, 0) is 6.92 Å². The van der Waals surface area contributed by atoms with Crippen LogP contribution in [-0.4, -0.2) is 29.9 Å². The smallest absolute Gasteiger partial charge is 0.278 e. The number of likely N-dealkylation sites (N-methyl/N-ethyl adjacent to an activating group) is 1. The molecule has 0 aromatic carbocycles. The highest BCUT2D eigenvalue weighted by molar-refractivity contribution is 6.16. The second-order valence-electron chi connectivity index (χ2n) is 3.15. The largest absolute Gasteiger partial charge is 0.417 e. The van der Waals surface area contributed by atoms with Gasteiger partial charge in [-0.2, -0.15) is 13.2 Å². The first-order valence-corrected chi connectivity index (χ1v) is 3.97. The van der Waals surface area contributed by atoms with Crippen LogP contribution in [0.5, 0.6) is 0 Å². The number of amides is 2. The number of hydrogen-bond acceptors (Lipinski definition) is 2. The molecule has 2 amide bonds. The van der Waals surface area contributed by atoms with Gasteiger partial charge in [-0.3, -0.25) is 14.5 Å². The van der Waals surface area contributed by atoms with Crippen LogP contribution in [0.2, 0.25) is 0 Å². The number of carbonyl (C=O) groups is 2. The Hall–Kier alpha value is -1.59. The second kappa shape index (κ2) is 3.22. The maximum absolute atomic E-state index is 12.5. The van der Waals surface area contributed by atoms with Gasteiger partial charge in [0.1, 0.15) is 0 Å². The molecule has 6 heteroatoms. The average molecular weight is 219 g/mol. The van der Waals surface area contributed by atoms with Crippen LogP contribution in [0.1, 0.15) is 6.92 Å². The fourth-order valence-corrected chi connectivity index (χ4v) is 1.37. The predicted octanol–water partition coefficient (Wildman–Crippen LogP) is 1.42. The number of rotatable bonds is 0. The van der Waals surface area contributed by atoms with Crippen molar-refractivity contribution in [3.05, 3.63) is 23.3 Å². The minimum Gasteiger partial charge on any atom is -0.278 e. The highest BCUT2D eigenvalue weighted by atomic mass is 19.4. The van der Waals surface area contributed by atoms with E-state index in [0.717, 1.165) is 14.0 Å². The van der Waals surface area contributed by atoms with Crippen molar-refractivity contribution in [3.8, 4) is 0 Å². The van der Waals surface area contributed by atoms with Gasteiger partial charge < -0.3 is 0 Å². The van der Waals surface area contributed by atoms with Crippen LogP contribution < -0.4 is 0 Å². The molecule has 82 valence electrons. The minimum atomic E-state index is -4.73. The molecule has 1 heterocycles. The Labute approximate surface area is 83.9 Å². The number of carbonyl (C=O) groups excluding carboxylic acids is 2. The molecule has 0 spiro atoms. The van der Waals surface area contributed by atoms with Gasteiger partial charge in [0.2, 0.25) is 0 Å². The van der Waals surface area contributed by atoms with E-state index < -0.39 is 34.7 Å². The molecule has 1 aliphatic heterocycles. The van der Waals surface area contributed by atoms with Gasteiger partial charge in [-0.1, -0.05) is 6.58 Å². The number of halogens is 3. The van der Waals surface area contributed by atoms with Crippen LogP contribution in [0.3, 0.4) is 0 Å². The van der Waals surface area contributed by atoms with Gasteiger partial charge in [0.05, 0.1) is 5.57 Å². The third kappa shape index (κ3) is 1.67. The van der Waals surface area contributed by atoms with Crippen molar-refractivity contribution < 1.29 is 22.8 Å². The lowest BCUT2D eigenvalue weighted by Crippen LogP contribution is -2.42. The van der Waals surface area contributed by atoms with Crippen LogP contribution in [0.15, 0.2) is 23.3 Å². The van der Waals surface area contributed by atoms with E-state index in [2.05, 4.69) is 6.58 Å². The predicted molar refractivity (Wildman–Crippen MR) is 45.7 cm³/mol. The summed E-state index contributed by atoms with van der Waals surface area (Å²) in [6.45, 7) is 4.08. The van der Waals surface area contributed by atoms with Gasteiger partial charge in [0, 0.05) is 18.2 Å². The summed E-state index contributed by atoms with van der Waals surface area (Å²) in [5.74, 6) is -1.96. The van der Waals surface area contributed by atoms with Crippen molar-refractivity contribution in [3.63, 3.8) is 0 Å². The van der Waals surface area contributed by atoms with E-state index in [0.29, 0.717) is 4.90 Å². The number of alkyl halides is 3. The molecule has 0 fully saturated rings. The van der Waals surface area contributed by atoms with Crippen LogP contribution in [-0.2, 0) is 9.59 Å². The third-order valence-electron chi connectivity index (χ3n) is 2.15. The molecule has 1 aliphatic rings. The first-order chi connectivity index (χ1) is 6.68. The lowest BCUT2D eigenvalue weighted by atomic mass is 9.95. The molecule has 0 N–H and O–H groups in total. The highest BCUT2D eigenvalue weighted by Crippen LogP contribution is 2.36. The van der Waals surface area contributed by atoms with Gasteiger partial charge >= 0.3 is 6.18 Å². The average Bonchev–Trinajstić information content (AvgIpc) is 2.09. The van der Waals surface area contributed by atoms with Crippen molar-refractivity contribution in [2.45, 2.75) is 13.1 Å². The van der Waals surface area contributed by atoms with E-state index in [-0.39, 0.29) is 0 Å². The van der Waals surface area contributed by atoms with Crippen LogP contribution in [0.25, 0.3) is 0 Å². The van der Waals surface area contributed by atoms with E-state index in [1.54, 1.807) is 0 Å². The lowest BCUT2D eigenvalue weighted by Gasteiger charge is -2.26. The zero-order chi connectivity index (χ0) is 12.0. The molecule has 0 saturated carbocycles. The molecule has 0 aliphatic carbocycles. The highest BCUT2D eigenvalue weighted by Gasteiger charge is 2.45. The quantitative estimate of drug-likeness (QED) is 0.456. The maximum atomic E-state index is 12.5. The Kier molecular flexibility index (Phi) is 2.46. The molecule has 0 unspecified atom stereocenters. The molecule has 0 saturated heterocycles. The fourth-order valence-electron chi connectivity index (χ4n) is 1.37. The van der Waals surface area contributed by atoms with Crippen molar-refractivity contribution >= 4 is 11.8 Å². The van der Waals surface area contributed by atoms with Gasteiger partial charge in [-0.15, -0.1) is 0 Å². The molecule has 1 rings (SSSR count). The molecule has 3 nitrogen and oxygen atoms in total. The summed E-state index contributed by atoms with van der Waals surface area (Å²) in [5.41, 5.74) is -2.42. The van der Waals surface area contributed by atoms with Gasteiger partial charge in [0.15, 0.2) is 0 Å². The second-order valence-corrected chi connectivity index (χ2v) is 3.15. The summed E-state index contributed by atoms with van der Waals surface area (Å²) in [5, 5.41) is 0. The van der Waals surface area contributed by atoms with Crippen LogP contribution in [0.4, 0.5) is 13.2 Å². The fraction of sp³-hybridized carbons (Fsp3) is 0.333. The zero-order valence-electron chi connectivity index (χ0n) is 8.10. The Balaban J connectivity index is 3.42. The Morgan fingerprint density at radius 3 is 2.07 bits per heavy atom. The normalized spacial score (nSPS) is 19.0. The zero-order valence-corrected chi connectivity index (χ0v) is 8.10. The van der Waals surface area contributed by atoms with Gasteiger partial charge in [0.25, 0.3) is 11.8 Å². The standard InChI is InChI=1S/C9H8F3NO2/c1-4-6(9(10,11)12)5(2)8(15)13(3)7(4)14/h1H2,2-3H3. The lowest BCUT2D eigenvalue weighted by molar-refractivity contribution is -0.142. The van der Waals surface area contributed by atoms with E-state index in [1.807, 2.05) is 0 Å². The Morgan fingerprint density at radius 2 is 1.67 bits per heavy atom. The summed E-state index contributed by atoms with van der Waals surface area (Å²) in [6, 6.07) is 0.